The Morgan fingerprint density at radius 2 is 2.06 bits per heavy atom. The van der Waals surface area contributed by atoms with Gasteiger partial charge in [-0.05, 0) is 30.7 Å². The number of aryl methyl sites for hydroxylation is 1. The van der Waals surface area contributed by atoms with Crippen molar-refractivity contribution in [3.05, 3.63) is 53.1 Å². The molecule has 0 unspecified atom stereocenters. The van der Waals surface area contributed by atoms with Crippen LogP contribution in [0.2, 0.25) is 5.02 Å². The molecule has 0 amide bonds. The SMILES string of the molecule is Cc1ccc(Cl)c(Oc2ccnc(F)c2)c1. The Kier molecular flexibility index (Phi) is 3.06. The molecule has 2 aromatic rings. The minimum absolute atomic E-state index is 0.375. The van der Waals surface area contributed by atoms with E-state index in [9.17, 15) is 4.39 Å². The Morgan fingerprint density at radius 3 is 2.81 bits per heavy atom. The monoisotopic (exact) mass is 237 g/mol. The first kappa shape index (κ1) is 10.9. The second-order valence-corrected chi connectivity index (χ2v) is 3.76. The van der Waals surface area contributed by atoms with Crippen LogP contribution < -0.4 is 4.74 Å². The van der Waals surface area contributed by atoms with E-state index in [2.05, 4.69) is 4.98 Å². The average Bonchev–Trinajstić information content (AvgIpc) is 2.24. The highest BCUT2D eigenvalue weighted by Gasteiger charge is 2.04. The van der Waals surface area contributed by atoms with Crippen molar-refractivity contribution in [3.8, 4) is 11.5 Å². The maximum absolute atomic E-state index is 12.8. The van der Waals surface area contributed by atoms with Gasteiger partial charge in [0.05, 0.1) is 5.02 Å². The minimum Gasteiger partial charge on any atom is -0.456 e. The Labute approximate surface area is 97.7 Å². The van der Waals surface area contributed by atoms with Gasteiger partial charge < -0.3 is 4.74 Å². The highest BCUT2D eigenvalue weighted by molar-refractivity contribution is 6.32. The van der Waals surface area contributed by atoms with Crippen LogP contribution >= 0.6 is 11.6 Å². The van der Waals surface area contributed by atoms with E-state index in [4.69, 9.17) is 16.3 Å². The lowest BCUT2D eigenvalue weighted by atomic mass is 10.2. The van der Waals surface area contributed by atoms with Crippen LogP contribution in [0.1, 0.15) is 5.56 Å². The summed E-state index contributed by atoms with van der Waals surface area (Å²) in [6, 6.07) is 8.19. The molecule has 0 aliphatic heterocycles. The second-order valence-electron chi connectivity index (χ2n) is 3.35. The summed E-state index contributed by atoms with van der Waals surface area (Å²) in [5, 5.41) is 0.489. The molecule has 0 atom stereocenters. The van der Waals surface area contributed by atoms with E-state index < -0.39 is 5.95 Å². The van der Waals surface area contributed by atoms with Crippen molar-refractivity contribution in [2.45, 2.75) is 6.92 Å². The van der Waals surface area contributed by atoms with Crippen LogP contribution in [0.15, 0.2) is 36.5 Å². The molecule has 0 fully saturated rings. The van der Waals surface area contributed by atoms with Crippen LogP contribution in [0.25, 0.3) is 0 Å². The van der Waals surface area contributed by atoms with Crippen LogP contribution in [0.3, 0.4) is 0 Å². The van der Waals surface area contributed by atoms with Crippen molar-refractivity contribution in [1.82, 2.24) is 4.98 Å². The fourth-order valence-electron chi connectivity index (χ4n) is 1.26. The molecule has 2 rings (SSSR count). The number of hydrogen-bond donors (Lipinski definition) is 0. The smallest absolute Gasteiger partial charge is 0.216 e. The highest BCUT2D eigenvalue weighted by atomic mass is 35.5. The number of pyridine rings is 1. The summed E-state index contributed by atoms with van der Waals surface area (Å²) in [5.74, 6) is 0.300. The van der Waals surface area contributed by atoms with E-state index in [0.717, 1.165) is 5.56 Å². The molecule has 0 N–H and O–H groups in total. The first-order valence-corrected chi connectivity index (χ1v) is 5.08. The zero-order valence-electron chi connectivity index (χ0n) is 8.58. The molecule has 82 valence electrons. The minimum atomic E-state index is -0.582. The largest absolute Gasteiger partial charge is 0.456 e. The standard InChI is InChI=1S/C12H9ClFNO/c1-8-2-3-10(13)11(6-8)16-9-4-5-15-12(14)7-9/h2-7H,1H3. The Bertz CT molecular complexity index is 516. The summed E-state index contributed by atoms with van der Waals surface area (Å²) in [6.45, 7) is 1.93. The van der Waals surface area contributed by atoms with E-state index >= 15 is 0 Å². The van der Waals surface area contributed by atoms with E-state index in [1.807, 2.05) is 13.0 Å². The summed E-state index contributed by atoms with van der Waals surface area (Å²) >= 11 is 5.95. The molecule has 0 bridgehead atoms. The topological polar surface area (TPSA) is 22.1 Å². The van der Waals surface area contributed by atoms with Gasteiger partial charge in [-0.25, -0.2) is 4.98 Å². The Morgan fingerprint density at radius 1 is 1.25 bits per heavy atom. The number of halogens is 2. The van der Waals surface area contributed by atoms with Crippen LogP contribution in [0.5, 0.6) is 11.5 Å². The summed E-state index contributed by atoms with van der Waals surface area (Å²) in [6.07, 6.45) is 1.34. The third kappa shape index (κ3) is 2.49. The Hall–Kier alpha value is -1.61. The molecule has 0 aliphatic carbocycles. The fraction of sp³-hybridized carbons (Fsp3) is 0.0833. The normalized spacial score (nSPS) is 10.2. The number of benzene rings is 1. The summed E-state index contributed by atoms with van der Waals surface area (Å²) in [4.78, 5) is 3.44. The lowest BCUT2D eigenvalue weighted by molar-refractivity contribution is 0.472. The molecule has 1 aromatic carbocycles. The maximum atomic E-state index is 12.8. The molecule has 4 heteroatoms. The van der Waals surface area contributed by atoms with Crippen molar-refractivity contribution in [2.75, 3.05) is 0 Å². The first-order chi connectivity index (χ1) is 7.65. The zero-order valence-corrected chi connectivity index (χ0v) is 9.33. The van der Waals surface area contributed by atoms with Crippen LogP contribution in [0.4, 0.5) is 4.39 Å². The van der Waals surface area contributed by atoms with E-state index in [-0.39, 0.29) is 0 Å². The van der Waals surface area contributed by atoms with Crippen molar-refractivity contribution in [3.63, 3.8) is 0 Å². The quantitative estimate of drug-likeness (QED) is 0.738. The van der Waals surface area contributed by atoms with E-state index in [0.29, 0.717) is 16.5 Å². The van der Waals surface area contributed by atoms with Crippen molar-refractivity contribution >= 4 is 11.6 Å². The summed E-state index contributed by atoms with van der Waals surface area (Å²) < 4.78 is 18.3. The summed E-state index contributed by atoms with van der Waals surface area (Å²) in [7, 11) is 0. The molecule has 16 heavy (non-hydrogen) atoms. The van der Waals surface area contributed by atoms with Gasteiger partial charge in [0.25, 0.3) is 0 Å². The molecular weight excluding hydrogens is 229 g/mol. The molecule has 0 aliphatic rings. The van der Waals surface area contributed by atoms with Gasteiger partial charge in [0.15, 0.2) is 0 Å². The third-order valence-corrected chi connectivity index (χ3v) is 2.32. The lowest BCUT2D eigenvalue weighted by Crippen LogP contribution is -1.88. The third-order valence-electron chi connectivity index (χ3n) is 2.01. The molecule has 1 aromatic heterocycles. The number of rotatable bonds is 2. The molecular formula is C12H9ClFNO. The van der Waals surface area contributed by atoms with Gasteiger partial charge in [-0.1, -0.05) is 17.7 Å². The second kappa shape index (κ2) is 4.49. The van der Waals surface area contributed by atoms with Crippen LogP contribution in [-0.4, -0.2) is 4.98 Å². The first-order valence-electron chi connectivity index (χ1n) is 4.71. The average molecular weight is 238 g/mol. The molecule has 2 nitrogen and oxygen atoms in total. The van der Waals surface area contributed by atoms with Gasteiger partial charge >= 0.3 is 0 Å². The zero-order chi connectivity index (χ0) is 11.5. The maximum Gasteiger partial charge on any atom is 0.216 e. The molecule has 0 spiro atoms. The van der Waals surface area contributed by atoms with E-state index in [1.165, 1.54) is 12.3 Å². The fourth-order valence-corrected chi connectivity index (χ4v) is 1.42. The van der Waals surface area contributed by atoms with Crippen molar-refractivity contribution in [2.24, 2.45) is 0 Å². The number of ether oxygens (including phenoxy) is 1. The van der Waals surface area contributed by atoms with E-state index in [1.54, 1.807) is 18.2 Å². The molecule has 0 radical (unpaired) electrons. The lowest BCUT2D eigenvalue weighted by Gasteiger charge is -2.07. The van der Waals surface area contributed by atoms with Crippen molar-refractivity contribution < 1.29 is 9.13 Å². The number of aromatic nitrogens is 1. The Balaban J connectivity index is 2.30. The van der Waals surface area contributed by atoms with Crippen molar-refractivity contribution in [1.29, 1.82) is 0 Å². The summed E-state index contributed by atoms with van der Waals surface area (Å²) in [5.41, 5.74) is 1.02. The van der Waals surface area contributed by atoms with Gasteiger partial charge in [-0.2, -0.15) is 4.39 Å². The van der Waals surface area contributed by atoms with Gasteiger partial charge in [0, 0.05) is 12.3 Å². The van der Waals surface area contributed by atoms with Gasteiger partial charge in [0.1, 0.15) is 11.5 Å². The predicted octanol–water partition coefficient (Wildman–Crippen LogP) is 3.97. The molecule has 0 saturated carbocycles. The molecule has 0 saturated heterocycles. The molecule has 1 heterocycles. The number of hydrogen-bond acceptors (Lipinski definition) is 2. The van der Waals surface area contributed by atoms with Crippen LogP contribution in [-0.2, 0) is 0 Å². The van der Waals surface area contributed by atoms with Crippen LogP contribution in [0, 0.1) is 12.9 Å². The van der Waals surface area contributed by atoms with Gasteiger partial charge in [-0.3, -0.25) is 0 Å². The van der Waals surface area contributed by atoms with Gasteiger partial charge in [-0.15, -0.1) is 0 Å². The number of nitrogens with zero attached hydrogens (tertiary/aromatic N) is 1. The highest BCUT2D eigenvalue weighted by Crippen LogP contribution is 2.29. The van der Waals surface area contributed by atoms with Gasteiger partial charge in [0.2, 0.25) is 5.95 Å². The predicted molar refractivity (Wildman–Crippen MR) is 60.5 cm³/mol.